The summed E-state index contributed by atoms with van der Waals surface area (Å²) in [6.07, 6.45) is -2.25. The molecule has 0 radical (unpaired) electrons. The van der Waals surface area contributed by atoms with Crippen LogP contribution in [0.25, 0.3) is 0 Å². The number of hydrogen-bond acceptors (Lipinski definition) is 4. The summed E-state index contributed by atoms with van der Waals surface area (Å²) in [4.78, 5) is 14.3. The maximum Gasteiger partial charge on any atom is 0.398 e. The number of thioether (sulfide) groups is 1. The molecule has 1 saturated carbocycles. The van der Waals surface area contributed by atoms with Gasteiger partial charge < -0.3 is 9.64 Å². The molecule has 0 spiro atoms. The second-order valence-corrected chi connectivity index (χ2v) is 8.46. The van der Waals surface area contributed by atoms with Crippen LogP contribution in [0.2, 0.25) is 0 Å². The lowest BCUT2D eigenvalue weighted by molar-refractivity contribution is -0.105. The zero-order chi connectivity index (χ0) is 21.9. The summed E-state index contributed by atoms with van der Waals surface area (Å²) in [5.74, 6) is -1.60. The van der Waals surface area contributed by atoms with Crippen molar-refractivity contribution in [2.45, 2.75) is 37.4 Å². The largest absolute Gasteiger partial charge is 0.465 e. The quantitative estimate of drug-likeness (QED) is 0.286. The van der Waals surface area contributed by atoms with Crippen LogP contribution < -0.4 is 4.90 Å². The molecule has 0 saturated heterocycles. The van der Waals surface area contributed by atoms with Crippen molar-refractivity contribution in [2.24, 2.45) is 5.92 Å². The number of halogens is 4. The maximum absolute atomic E-state index is 14.9. The number of carbonyl (C=O) groups is 1. The number of rotatable bonds is 8. The molecule has 3 nitrogen and oxygen atoms in total. The van der Waals surface area contributed by atoms with Crippen LogP contribution in [0.3, 0.4) is 0 Å². The van der Waals surface area contributed by atoms with E-state index in [1.54, 1.807) is 31.2 Å². The Hall–Kier alpha value is -2.22. The van der Waals surface area contributed by atoms with Gasteiger partial charge in [-0.2, -0.15) is 13.2 Å². The van der Waals surface area contributed by atoms with Gasteiger partial charge in [0.2, 0.25) is 0 Å². The highest BCUT2D eigenvalue weighted by Gasteiger charge is 2.29. The summed E-state index contributed by atoms with van der Waals surface area (Å²) in [5.41, 5.74) is 1.78. The highest BCUT2D eigenvalue weighted by Crippen LogP contribution is 2.37. The van der Waals surface area contributed by atoms with E-state index in [4.69, 9.17) is 4.74 Å². The Labute approximate surface area is 177 Å². The van der Waals surface area contributed by atoms with Crippen LogP contribution in [0.15, 0.2) is 41.3 Å². The summed E-state index contributed by atoms with van der Waals surface area (Å²) in [5, 5.41) is 0. The minimum atomic E-state index is -4.31. The fraction of sp³-hybridized carbons (Fsp3) is 0.409. The van der Waals surface area contributed by atoms with Gasteiger partial charge in [0.25, 0.3) is 0 Å². The summed E-state index contributed by atoms with van der Waals surface area (Å²) in [6.45, 7) is 2.42. The highest BCUT2D eigenvalue weighted by molar-refractivity contribution is 7.99. The van der Waals surface area contributed by atoms with E-state index in [0.717, 1.165) is 12.8 Å². The normalized spacial score (nSPS) is 13.9. The highest BCUT2D eigenvalue weighted by atomic mass is 32.2. The molecule has 1 aliphatic rings. The van der Waals surface area contributed by atoms with E-state index in [1.165, 1.54) is 19.2 Å². The molecule has 0 heterocycles. The maximum atomic E-state index is 14.9. The monoisotopic (exact) mass is 441 g/mol. The molecule has 2 aromatic rings. The Morgan fingerprint density at radius 1 is 1.23 bits per heavy atom. The van der Waals surface area contributed by atoms with E-state index in [9.17, 15) is 22.4 Å². The predicted octanol–water partition coefficient (Wildman–Crippen LogP) is 5.99. The molecule has 1 fully saturated rings. The van der Waals surface area contributed by atoms with Crippen LogP contribution in [0.1, 0.15) is 34.3 Å². The van der Waals surface area contributed by atoms with Crippen molar-refractivity contribution in [1.29, 1.82) is 0 Å². The van der Waals surface area contributed by atoms with E-state index in [0.29, 0.717) is 45.8 Å². The van der Waals surface area contributed by atoms with Crippen LogP contribution >= 0.6 is 11.8 Å². The third-order valence-corrected chi connectivity index (χ3v) is 6.16. The number of nitrogens with zero attached hydrogens (tertiary/aromatic N) is 1. The lowest BCUT2D eigenvalue weighted by Crippen LogP contribution is -2.27. The number of alkyl halides is 3. The first-order valence-electron chi connectivity index (χ1n) is 9.59. The zero-order valence-electron chi connectivity index (χ0n) is 16.8. The third-order valence-electron chi connectivity index (χ3n) is 4.94. The molecule has 0 amide bonds. The zero-order valence-corrected chi connectivity index (χ0v) is 17.6. The topological polar surface area (TPSA) is 29.5 Å². The second-order valence-electron chi connectivity index (χ2n) is 7.45. The Bertz CT molecular complexity index is 912. The van der Waals surface area contributed by atoms with Gasteiger partial charge in [0.05, 0.1) is 24.1 Å². The molecule has 1 aliphatic carbocycles. The van der Waals surface area contributed by atoms with Crippen molar-refractivity contribution in [2.75, 3.05) is 24.3 Å². The molecule has 0 atom stereocenters. The van der Waals surface area contributed by atoms with Crippen LogP contribution in [0, 0.1) is 18.7 Å². The average molecular weight is 441 g/mol. The van der Waals surface area contributed by atoms with Crippen molar-refractivity contribution in [3.63, 3.8) is 0 Å². The molecule has 3 rings (SSSR count). The Kier molecular flexibility index (Phi) is 6.95. The van der Waals surface area contributed by atoms with Gasteiger partial charge in [0.1, 0.15) is 5.82 Å². The van der Waals surface area contributed by atoms with Crippen molar-refractivity contribution in [1.82, 2.24) is 0 Å². The molecular weight excluding hydrogens is 418 g/mol. The number of ether oxygens (including phenoxy) is 1. The Balaban J connectivity index is 1.93. The van der Waals surface area contributed by atoms with Gasteiger partial charge in [-0.3, -0.25) is 0 Å². The standard InChI is InChI=1S/C22H23F4NO2S/c1-14-9-18(23)19(10-20(14)30-13-22(24,25)26)27(11-15-7-8-15)12-16-5-3-4-6-17(16)21(28)29-2/h3-6,9-10,15H,7-8,11-13H2,1-2H3. The van der Waals surface area contributed by atoms with Crippen LogP contribution in [-0.4, -0.2) is 31.6 Å². The summed E-state index contributed by atoms with van der Waals surface area (Å²) in [7, 11) is 1.30. The SMILES string of the molecule is COC(=O)c1ccccc1CN(CC1CC1)c1cc(SCC(F)(F)F)c(C)cc1F. The van der Waals surface area contributed by atoms with Gasteiger partial charge in [0, 0.05) is 18.0 Å². The first-order chi connectivity index (χ1) is 14.2. The van der Waals surface area contributed by atoms with Crippen LogP contribution in [0.5, 0.6) is 0 Å². The molecule has 0 N–H and O–H groups in total. The Morgan fingerprint density at radius 2 is 1.93 bits per heavy atom. The van der Waals surface area contributed by atoms with E-state index in [2.05, 4.69) is 0 Å². The first-order valence-corrected chi connectivity index (χ1v) is 10.6. The number of aryl methyl sites for hydroxylation is 1. The molecule has 2 aromatic carbocycles. The van der Waals surface area contributed by atoms with Crippen molar-refractivity contribution in [3.8, 4) is 0 Å². The van der Waals surface area contributed by atoms with Gasteiger partial charge >= 0.3 is 12.1 Å². The molecule has 162 valence electrons. The van der Waals surface area contributed by atoms with Gasteiger partial charge in [-0.05, 0) is 55.0 Å². The second kappa shape index (κ2) is 9.29. The number of anilines is 1. The summed E-state index contributed by atoms with van der Waals surface area (Å²) < 4.78 is 57.8. The van der Waals surface area contributed by atoms with E-state index < -0.39 is 23.7 Å². The van der Waals surface area contributed by atoms with Crippen LogP contribution in [-0.2, 0) is 11.3 Å². The molecule has 8 heteroatoms. The minimum absolute atomic E-state index is 0.247. The average Bonchev–Trinajstić information content (AvgIpc) is 3.50. The van der Waals surface area contributed by atoms with Crippen LogP contribution in [0.4, 0.5) is 23.2 Å². The van der Waals surface area contributed by atoms with Gasteiger partial charge in [0.15, 0.2) is 0 Å². The third kappa shape index (κ3) is 5.90. The number of benzene rings is 2. The minimum Gasteiger partial charge on any atom is -0.465 e. The van der Waals surface area contributed by atoms with E-state index in [-0.39, 0.29) is 12.2 Å². The van der Waals surface area contributed by atoms with Crippen molar-refractivity contribution in [3.05, 3.63) is 58.9 Å². The molecule has 0 aromatic heterocycles. The molecule has 0 bridgehead atoms. The van der Waals surface area contributed by atoms with E-state index >= 15 is 0 Å². The molecular formula is C22H23F4NO2S. The smallest absolute Gasteiger partial charge is 0.398 e. The lowest BCUT2D eigenvalue weighted by Gasteiger charge is -2.27. The number of esters is 1. The first kappa shape index (κ1) is 22.5. The molecule has 30 heavy (non-hydrogen) atoms. The van der Waals surface area contributed by atoms with E-state index in [1.807, 2.05) is 4.90 Å². The predicted molar refractivity (Wildman–Crippen MR) is 109 cm³/mol. The molecule has 0 unspecified atom stereocenters. The summed E-state index contributed by atoms with van der Waals surface area (Å²) >= 11 is 0.654. The van der Waals surface area contributed by atoms with Crippen molar-refractivity contribution >= 4 is 23.4 Å². The fourth-order valence-electron chi connectivity index (χ4n) is 3.23. The van der Waals surface area contributed by atoms with Crippen molar-refractivity contribution < 1.29 is 27.1 Å². The fourth-order valence-corrected chi connectivity index (χ4v) is 4.03. The Morgan fingerprint density at radius 3 is 2.57 bits per heavy atom. The van der Waals surface area contributed by atoms with Gasteiger partial charge in [-0.25, -0.2) is 9.18 Å². The van der Waals surface area contributed by atoms with Gasteiger partial charge in [-0.1, -0.05) is 18.2 Å². The number of methoxy groups -OCH3 is 1. The van der Waals surface area contributed by atoms with Gasteiger partial charge in [-0.15, -0.1) is 11.8 Å². The lowest BCUT2D eigenvalue weighted by atomic mass is 10.1. The molecule has 0 aliphatic heterocycles. The number of carbonyl (C=O) groups excluding carboxylic acids is 1. The number of hydrogen-bond donors (Lipinski definition) is 0. The summed E-state index contributed by atoms with van der Waals surface area (Å²) in [6, 6.07) is 9.70.